The zero-order valence-corrected chi connectivity index (χ0v) is 16.4. The van der Waals surface area contributed by atoms with E-state index in [0.717, 1.165) is 10.9 Å². The Hall–Kier alpha value is -3.03. The standard InChI is InChI=1S/C19H15Cl2N5O2/c1-9-10-6-7-13-17(15(10)18(27)23-14(9)8-22-28)26(2)19(24-13)25-16-11(20)4-3-5-12(16)21/h3-8,28H,1-2H3,(H,23,27)(H,24,25)/b22-8+. The molecule has 142 valence electrons. The van der Waals surface area contributed by atoms with E-state index in [2.05, 4.69) is 20.4 Å². The van der Waals surface area contributed by atoms with Gasteiger partial charge in [0, 0.05) is 7.05 Å². The molecule has 0 aliphatic rings. The lowest BCUT2D eigenvalue weighted by molar-refractivity contribution is 0.321. The summed E-state index contributed by atoms with van der Waals surface area (Å²) in [5.74, 6) is 0.496. The third-order valence-corrected chi connectivity index (χ3v) is 5.34. The number of halogens is 2. The van der Waals surface area contributed by atoms with Gasteiger partial charge in [-0.15, -0.1) is 0 Å². The van der Waals surface area contributed by atoms with Crippen LogP contribution < -0.4 is 10.9 Å². The van der Waals surface area contributed by atoms with Gasteiger partial charge in [-0.25, -0.2) is 4.98 Å². The van der Waals surface area contributed by atoms with Crippen LogP contribution in [0.25, 0.3) is 21.8 Å². The van der Waals surface area contributed by atoms with Gasteiger partial charge in [0.2, 0.25) is 5.95 Å². The second kappa shape index (κ2) is 6.85. The van der Waals surface area contributed by atoms with E-state index in [4.69, 9.17) is 28.4 Å². The topological polar surface area (TPSA) is 95.3 Å². The number of hydrogen-bond donors (Lipinski definition) is 3. The van der Waals surface area contributed by atoms with Crippen LogP contribution in [-0.2, 0) is 7.05 Å². The SMILES string of the molecule is Cc1c(/C=N/O)[nH]c(=O)c2c1ccc1nc(Nc3c(Cl)cccc3Cl)n(C)c12. The van der Waals surface area contributed by atoms with Gasteiger partial charge < -0.3 is 20.1 Å². The van der Waals surface area contributed by atoms with Gasteiger partial charge in [-0.05, 0) is 36.1 Å². The predicted octanol–water partition coefficient (Wildman–Crippen LogP) is 4.58. The Labute approximate surface area is 169 Å². The molecule has 0 fully saturated rings. The molecule has 2 aromatic heterocycles. The second-order valence-corrected chi connectivity index (χ2v) is 7.12. The van der Waals surface area contributed by atoms with E-state index in [1.165, 1.54) is 6.21 Å². The molecule has 0 amide bonds. The number of imidazole rings is 1. The number of pyridine rings is 1. The lowest BCUT2D eigenvalue weighted by Gasteiger charge is -2.10. The van der Waals surface area contributed by atoms with Crippen LogP contribution in [-0.4, -0.2) is 26.0 Å². The molecule has 2 aromatic carbocycles. The zero-order chi connectivity index (χ0) is 20.0. The van der Waals surface area contributed by atoms with E-state index < -0.39 is 0 Å². The number of fused-ring (bicyclic) bond motifs is 3. The van der Waals surface area contributed by atoms with E-state index in [9.17, 15) is 4.79 Å². The molecular weight excluding hydrogens is 401 g/mol. The highest BCUT2D eigenvalue weighted by molar-refractivity contribution is 6.39. The fraction of sp³-hybridized carbons (Fsp3) is 0.105. The normalized spacial score (nSPS) is 11.7. The Morgan fingerprint density at radius 3 is 2.64 bits per heavy atom. The number of rotatable bonds is 3. The number of aromatic amines is 1. The first-order valence-corrected chi connectivity index (χ1v) is 9.08. The number of benzene rings is 2. The van der Waals surface area contributed by atoms with Gasteiger partial charge in [-0.1, -0.05) is 40.5 Å². The molecule has 0 saturated carbocycles. The third-order valence-electron chi connectivity index (χ3n) is 4.71. The van der Waals surface area contributed by atoms with Crippen molar-refractivity contribution in [3.8, 4) is 0 Å². The minimum atomic E-state index is -0.300. The van der Waals surface area contributed by atoms with Gasteiger partial charge in [-0.3, -0.25) is 4.79 Å². The Morgan fingerprint density at radius 1 is 1.25 bits per heavy atom. The molecular formula is C19H15Cl2N5O2. The molecule has 0 spiro atoms. The molecule has 9 heteroatoms. The van der Waals surface area contributed by atoms with Crippen molar-refractivity contribution in [3.63, 3.8) is 0 Å². The highest BCUT2D eigenvalue weighted by Crippen LogP contribution is 2.34. The summed E-state index contributed by atoms with van der Waals surface area (Å²) in [6, 6.07) is 8.88. The Bertz CT molecular complexity index is 1300. The largest absolute Gasteiger partial charge is 0.411 e. The Kier molecular flexibility index (Phi) is 4.49. The first-order valence-electron chi connectivity index (χ1n) is 8.33. The maximum atomic E-state index is 12.8. The Morgan fingerprint density at radius 2 is 1.96 bits per heavy atom. The minimum absolute atomic E-state index is 0.300. The molecule has 0 bridgehead atoms. The highest BCUT2D eigenvalue weighted by Gasteiger charge is 2.17. The number of hydrogen-bond acceptors (Lipinski definition) is 5. The molecule has 0 saturated heterocycles. The van der Waals surface area contributed by atoms with Gasteiger partial charge in [0.25, 0.3) is 5.56 Å². The van der Waals surface area contributed by atoms with Crippen molar-refractivity contribution in [2.45, 2.75) is 6.92 Å². The van der Waals surface area contributed by atoms with Crippen LogP contribution in [0.15, 0.2) is 40.3 Å². The van der Waals surface area contributed by atoms with Crippen molar-refractivity contribution in [2.75, 3.05) is 5.32 Å². The van der Waals surface area contributed by atoms with E-state index >= 15 is 0 Å². The average molecular weight is 416 g/mol. The van der Waals surface area contributed by atoms with Crippen LogP contribution >= 0.6 is 23.2 Å². The van der Waals surface area contributed by atoms with Crippen molar-refractivity contribution in [1.82, 2.24) is 14.5 Å². The van der Waals surface area contributed by atoms with Crippen molar-refractivity contribution in [2.24, 2.45) is 12.2 Å². The molecule has 0 aliphatic carbocycles. The van der Waals surface area contributed by atoms with Gasteiger partial charge in [0.05, 0.1) is 44.1 Å². The first-order chi connectivity index (χ1) is 13.4. The first kappa shape index (κ1) is 18.3. The molecule has 0 aliphatic heterocycles. The second-order valence-electron chi connectivity index (χ2n) is 6.31. The summed E-state index contributed by atoms with van der Waals surface area (Å²) in [5.41, 5.74) is 2.79. The summed E-state index contributed by atoms with van der Waals surface area (Å²) in [7, 11) is 1.81. The summed E-state index contributed by atoms with van der Waals surface area (Å²) in [6.07, 6.45) is 1.20. The number of nitrogens with zero attached hydrogens (tertiary/aromatic N) is 3. The van der Waals surface area contributed by atoms with Crippen molar-refractivity contribution < 1.29 is 5.21 Å². The molecule has 4 aromatic rings. The molecule has 2 heterocycles. The van der Waals surface area contributed by atoms with E-state index in [1.54, 1.807) is 29.8 Å². The zero-order valence-electron chi connectivity index (χ0n) is 14.9. The fourth-order valence-corrected chi connectivity index (χ4v) is 3.79. The van der Waals surface area contributed by atoms with Crippen molar-refractivity contribution in [1.29, 1.82) is 0 Å². The summed E-state index contributed by atoms with van der Waals surface area (Å²) < 4.78 is 1.78. The molecule has 4 rings (SSSR count). The number of nitrogens with one attached hydrogen (secondary N) is 2. The number of oxime groups is 1. The van der Waals surface area contributed by atoms with E-state index in [0.29, 0.717) is 43.8 Å². The minimum Gasteiger partial charge on any atom is -0.411 e. The van der Waals surface area contributed by atoms with Gasteiger partial charge in [0.15, 0.2) is 0 Å². The average Bonchev–Trinajstić information content (AvgIpc) is 2.98. The number of para-hydroxylation sites is 1. The van der Waals surface area contributed by atoms with Gasteiger partial charge >= 0.3 is 0 Å². The van der Waals surface area contributed by atoms with Crippen LogP contribution in [0.4, 0.5) is 11.6 Å². The lowest BCUT2D eigenvalue weighted by Crippen LogP contribution is -2.12. The van der Waals surface area contributed by atoms with Crippen molar-refractivity contribution >= 4 is 62.9 Å². The van der Waals surface area contributed by atoms with Crippen LogP contribution in [0.5, 0.6) is 0 Å². The van der Waals surface area contributed by atoms with Crippen LogP contribution in [0.2, 0.25) is 10.0 Å². The predicted molar refractivity (Wildman–Crippen MR) is 113 cm³/mol. The fourth-order valence-electron chi connectivity index (χ4n) is 3.30. The third kappa shape index (κ3) is 2.80. The van der Waals surface area contributed by atoms with Crippen LogP contribution in [0, 0.1) is 6.92 Å². The van der Waals surface area contributed by atoms with Gasteiger partial charge in [-0.2, -0.15) is 0 Å². The van der Waals surface area contributed by atoms with Crippen LogP contribution in [0.3, 0.4) is 0 Å². The monoisotopic (exact) mass is 415 g/mol. The molecule has 3 N–H and O–H groups in total. The van der Waals surface area contributed by atoms with E-state index in [-0.39, 0.29) is 5.56 Å². The Balaban J connectivity index is 1.98. The van der Waals surface area contributed by atoms with E-state index in [1.807, 2.05) is 19.1 Å². The number of aromatic nitrogens is 3. The molecule has 0 unspecified atom stereocenters. The summed E-state index contributed by atoms with van der Waals surface area (Å²) >= 11 is 12.5. The quantitative estimate of drug-likeness (QED) is 0.259. The molecule has 0 radical (unpaired) electrons. The molecule has 28 heavy (non-hydrogen) atoms. The summed E-state index contributed by atoms with van der Waals surface area (Å²) in [6.45, 7) is 1.85. The lowest BCUT2D eigenvalue weighted by atomic mass is 10.0. The number of anilines is 2. The van der Waals surface area contributed by atoms with Crippen LogP contribution in [0.1, 0.15) is 11.3 Å². The highest BCUT2D eigenvalue weighted by atomic mass is 35.5. The maximum Gasteiger partial charge on any atom is 0.258 e. The maximum absolute atomic E-state index is 12.8. The van der Waals surface area contributed by atoms with Gasteiger partial charge in [0.1, 0.15) is 0 Å². The number of H-pyrrole nitrogens is 1. The number of aryl methyl sites for hydroxylation is 2. The molecule has 7 nitrogen and oxygen atoms in total. The summed E-state index contributed by atoms with van der Waals surface area (Å²) in [5, 5.41) is 17.2. The smallest absolute Gasteiger partial charge is 0.258 e. The summed E-state index contributed by atoms with van der Waals surface area (Å²) in [4.78, 5) is 20.1. The molecule has 0 atom stereocenters. The van der Waals surface area contributed by atoms with Crippen molar-refractivity contribution in [3.05, 3.63) is 62.0 Å².